The van der Waals surface area contributed by atoms with E-state index in [-0.39, 0.29) is 73.2 Å². The van der Waals surface area contributed by atoms with Crippen molar-refractivity contribution in [2.24, 2.45) is 0 Å². The molecule has 0 N–H and O–H groups in total. The summed E-state index contributed by atoms with van der Waals surface area (Å²) >= 11 is 0. The molecule has 0 amide bonds. The number of unbranched alkanes of at least 4 members (excludes halogenated alkanes) is 36. The average molecular weight is 1180 g/mol. The first-order valence-electron chi connectivity index (χ1n) is 30.4. The molecule has 448 valence electrons. The summed E-state index contributed by atoms with van der Waals surface area (Å²) in [6.45, 7) is 3.96. The minimum Gasteiger partial charge on any atom is -0.748 e. The van der Waals surface area contributed by atoms with Gasteiger partial charge in [-0.15, -0.1) is 0 Å². The summed E-state index contributed by atoms with van der Waals surface area (Å²) in [6.07, 6.45) is 49.2. The molecular weight excluding hydrogens is 1070 g/mol. The Kier molecular flexibility index (Phi) is 50.5. The molecule has 0 saturated carbocycles. The van der Waals surface area contributed by atoms with Gasteiger partial charge in [0, 0.05) is 0 Å². The van der Waals surface area contributed by atoms with Crippen molar-refractivity contribution in [1.29, 1.82) is 0 Å². The number of carbonyl (C=O) groups excluding carboxylic acids is 4. The second kappa shape index (κ2) is 52.2. The molecule has 0 aliphatic rings. The Balaban J connectivity index is 0.00000152. The summed E-state index contributed by atoms with van der Waals surface area (Å²) in [6, 6.07) is 12.1. The van der Waals surface area contributed by atoms with Crippen molar-refractivity contribution in [1.82, 2.24) is 0 Å². The van der Waals surface area contributed by atoms with Crippen molar-refractivity contribution in [3.05, 3.63) is 70.8 Å². The maximum Gasteiger partial charge on any atom is 2.00 e. The molecule has 0 aliphatic heterocycles. The molecule has 0 heterocycles. The minimum absolute atomic E-state index is 0. The predicted octanol–water partition coefficient (Wildman–Crippen LogP) is 15.6. The molecule has 2 aromatic carbocycles. The predicted molar refractivity (Wildman–Crippen MR) is 316 cm³/mol. The van der Waals surface area contributed by atoms with Gasteiger partial charge in [0.15, 0.2) is 0 Å². The van der Waals surface area contributed by atoms with Crippen LogP contribution in [0.15, 0.2) is 48.5 Å². The van der Waals surface area contributed by atoms with Gasteiger partial charge in [-0.3, -0.25) is 0 Å². The molecule has 17 heteroatoms. The van der Waals surface area contributed by atoms with Gasteiger partial charge in [-0.05, 0) is 37.1 Å². The molecule has 0 aliphatic carbocycles. The van der Waals surface area contributed by atoms with E-state index in [4.69, 9.17) is 18.9 Å². The molecule has 0 fully saturated rings. The maximum atomic E-state index is 12.4. The first-order chi connectivity index (χ1) is 37.7. The number of hydrogen-bond acceptors (Lipinski definition) is 14. The Morgan fingerprint density at radius 3 is 0.646 bits per heavy atom. The second-order valence-corrected chi connectivity index (χ2v) is 23.9. The molecule has 14 nitrogen and oxygen atoms in total. The number of rotatable bonds is 50. The summed E-state index contributed by atoms with van der Waals surface area (Å²) in [5.41, 5.74) is 0.0912. The number of carbonyl (C=O) groups is 4. The van der Waals surface area contributed by atoms with E-state index < -0.39 is 68.8 Å². The maximum absolute atomic E-state index is 12.4. The van der Waals surface area contributed by atoms with Crippen LogP contribution in [0, 0.1) is 0 Å². The molecule has 0 atom stereocenters. The van der Waals surface area contributed by atoms with Crippen LogP contribution in [0.3, 0.4) is 0 Å². The van der Waals surface area contributed by atoms with E-state index in [9.17, 15) is 45.1 Å². The average Bonchev–Trinajstić information content (AvgIpc) is 3.41. The van der Waals surface area contributed by atoms with Gasteiger partial charge in [-0.2, -0.15) is 0 Å². The van der Waals surface area contributed by atoms with Gasteiger partial charge in [0.2, 0.25) is 0 Å². The molecule has 0 radical (unpaired) electrons. The summed E-state index contributed by atoms with van der Waals surface area (Å²) < 4.78 is 84.2. The first kappa shape index (κ1) is 76.4. The second-order valence-electron chi connectivity index (χ2n) is 20.9. The summed E-state index contributed by atoms with van der Waals surface area (Å²) in [4.78, 5) is 49.2. The number of benzene rings is 2. The van der Waals surface area contributed by atoms with E-state index >= 15 is 0 Å². The summed E-state index contributed by atoms with van der Waals surface area (Å²) in [5.74, 6) is -4.61. The Bertz CT molecular complexity index is 1920. The van der Waals surface area contributed by atoms with Gasteiger partial charge in [0.1, 0.15) is 13.2 Å². The quantitative estimate of drug-likeness (QED) is 0.0198. The fraction of sp³-hybridized carbons (Fsp3) is 0.742. The van der Waals surface area contributed by atoms with E-state index in [0.29, 0.717) is 0 Å². The Hall–Kier alpha value is -2.60. The number of esters is 4. The summed E-state index contributed by atoms with van der Waals surface area (Å²) in [5, 5.41) is 0. The van der Waals surface area contributed by atoms with Crippen LogP contribution in [0.5, 0.6) is 0 Å². The molecule has 0 bridgehead atoms. The van der Waals surface area contributed by atoms with Crippen LogP contribution in [0.25, 0.3) is 0 Å². The Labute approximate surface area is 508 Å². The van der Waals surface area contributed by atoms with E-state index in [0.717, 1.165) is 38.5 Å². The van der Waals surface area contributed by atoms with Crippen molar-refractivity contribution >= 4 is 81.9 Å². The van der Waals surface area contributed by atoms with Crippen molar-refractivity contribution in [2.75, 3.05) is 37.9 Å². The Morgan fingerprint density at radius 2 is 0.468 bits per heavy atom. The van der Waals surface area contributed by atoms with Crippen molar-refractivity contribution in [3.63, 3.8) is 0 Å². The Morgan fingerprint density at radius 1 is 0.304 bits per heavy atom. The van der Waals surface area contributed by atoms with Gasteiger partial charge in [-0.1, -0.05) is 269 Å². The molecule has 0 unspecified atom stereocenters. The van der Waals surface area contributed by atoms with Crippen LogP contribution < -0.4 is 0 Å². The van der Waals surface area contributed by atoms with E-state index in [1.54, 1.807) is 24.3 Å². The molecule has 2 rings (SSSR count). The molecule has 2 aromatic rings. The van der Waals surface area contributed by atoms with Crippen LogP contribution in [-0.2, 0) is 39.2 Å². The zero-order chi connectivity index (χ0) is 57.2. The van der Waals surface area contributed by atoms with Crippen molar-refractivity contribution in [3.8, 4) is 0 Å². The molecule has 0 saturated heterocycles. The third-order valence-electron chi connectivity index (χ3n) is 13.8. The monoisotopic (exact) mass is 1170 g/mol. The topological polar surface area (TPSA) is 220 Å². The number of ether oxygens (including phenoxy) is 4. The van der Waals surface area contributed by atoms with Crippen LogP contribution in [0.2, 0.25) is 0 Å². The van der Waals surface area contributed by atoms with Crippen LogP contribution in [-0.4, -0.2) is 125 Å². The minimum atomic E-state index is -4.48. The smallest absolute Gasteiger partial charge is 0.748 e. The van der Waals surface area contributed by atoms with Crippen molar-refractivity contribution < 1.29 is 64.1 Å². The van der Waals surface area contributed by atoms with Gasteiger partial charge >= 0.3 is 61.6 Å². The number of hydrogen-bond donors (Lipinski definition) is 0. The molecule has 0 aromatic heterocycles. The van der Waals surface area contributed by atoms with Gasteiger partial charge in [0.25, 0.3) is 0 Å². The molecular formula is C62H102CaO14S2. The third kappa shape index (κ3) is 46.6. The van der Waals surface area contributed by atoms with E-state index in [2.05, 4.69) is 13.8 Å². The fourth-order valence-electron chi connectivity index (χ4n) is 9.15. The summed E-state index contributed by atoms with van der Waals surface area (Å²) in [7, 11) is -8.97. The third-order valence-corrected chi connectivity index (χ3v) is 15.2. The first-order valence-corrected chi connectivity index (χ1v) is 33.6. The van der Waals surface area contributed by atoms with Gasteiger partial charge < -0.3 is 28.1 Å². The van der Waals surface area contributed by atoms with E-state index in [1.165, 1.54) is 230 Å². The molecule has 0 spiro atoms. The van der Waals surface area contributed by atoms with Crippen LogP contribution in [0.4, 0.5) is 0 Å². The normalized spacial score (nSPS) is 11.3. The fourth-order valence-corrected chi connectivity index (χ4v) is 9.73. The van der Waals surface area contributed by atoms with Gasteiger partial charge in [0.05, 0.1) is 67.2 Å². The van der Waals surface area contributed by atoms with Crippen molar-refractivity contribution in [2.45, 2.75) is 258 Å². The molecule has 79 heavy (non-hydrogen) atoms. The van der Waals surface area contributed by atoms with Crippen LogP contribution >= 0.6 is 0 Å². The standard InChI is InChI=1S/2C31H52O7S.Ca/c2*1-2-3-4-5-6-7-8-9-10-11-12-13-14-15-16-17-18-19-22-25-37-30(32)28-23-20-21-24-29(28)31(33)38-26-27-39(34,35)36;/h2*20-21,23-24H,2-19,22,25-27H2,1H3,(H,34,35,36);/q;;+2/p-2. The largest absolute Gasteiger partial charge is 2.00 e. The zero-order valence-corrected chi connectivity index (χ0v) is 52.8. The zero-order valence-electron chi connectivity index (χ0n) is 49.0. The SMILES string of the molecule is CCCCCCCCCCCCCCCCCCCCCOC(=O)c1ccccc1C(=O)OCCS(=O)(=O)[O-].CCCCCCCCCCCCCCCCCCCCCOC(=O)c1ccccc1C(=O)OCCS(=O)(=O)[O-].[Ca+2]. The van der Waals surface area contributed by atoms with E-state index in [1.807, 2.05) is 0 Å². The van der Waals surface area contributed by atoms with Crippen LogP contribution in [0.1, 0.15) is 299 Å². The van der Waals surface area contributed by atoms with Gasteiger partial charge in [-0.25, -0.2) is 36.0 Å².